The summed E-state index contributed by atoms with van der Waals surface area (Å²) >= 11 is 6.08. The number of nitro groups is 1. The number of pyridine rings is 1. The van der Waals surface area contributed by atoms with Crippen molar-refractivity contribution in [3.05, 3.63) is 74.0 Å². The number of nitro benzene ring substituents is 1. The molecular formula is C18H8ClN3O3. The summed E-state index contributed by atoms with van der Waals surface area (Å²) in [5.41, 5.74) is 1.45. The molecule has 0 spiro atoms. The van der Waals surface area contributed by atoms with Gasteiger partial charge in [0.2, 0.25) is 0 Å². The molecule has 0 amide bonds. The van der Waals surface area contributed by atoms with Crippen LogP contribution in [-0.4, -0.2) is 14.3 Å². The molecule has 2 aromatic heterocycles. The predicted octanol–water partition coefficient (Wildman–Crippen LogP) is 4.15. The summed E-state index contributed by atoms with van der Waals surface area (Å²) < 4.78 is 1.52. The van der Waals surface area contributed by atoms with Crippen molar-refractivity contribution in [2.24, 2.45) is 0 Å². The van der Waals surface area contributed by atoms with Gasteiger partial charge in [0, 0.05) is 27.2 Å². The molecule has 0 N–H and O–H groups in total. The lowest BCUT2D eigenvalue weighted by Gasteiger charge is -2.07. The Kier molecular flexibility index (Phi) is 2.62. The molecule has 0 bridgehead atoms. The Morgan fingerprint density at radius 1 is 1.04 bits per heavy atom. The van der Waals surface area contributed by atoms with E-state index in [-0.39, 0.29) is 11.2 Å². The van der Waals surface area contributed by atoms with Gasteiger partial charge in [0.05, 0.1) is 21.3 Å². The van der Waals surface area contributed by atoms with Crippen LogP contribution in [0.15, 0.2) is 53.3 Å². The third-order valence-electron chi connectivity index (χ3n) is 4.51. The fourth-order valence-corrected chi connectivity index (χ4v) is 3.64. The van der Waals surface area contributed by atoms with E-state index < -0.39 is 4.92 Å². The highest BCUT2D eigenvalue weighted by Gasteiger charge is 2.20. The summed E-state index contributed by atoms with van der Waals surface area (Å²) in [5, 5.41) is 14.0. The van der Waals surface area contributed by atoms with Crippen LogP contribution in [0.5, 0.6) is 0 Å². The standard InChI is InChI=1S/C18H8ClN3O3/c19-9-4-6-13-15(8-9)21-17(20-13)11-5-7-14(22(24)25)10-2-1-3-12(16(10)11)18(21)23/h1-8H. The number of fused-ring (bicyclic) bond motifs is 4. The van der Waals surface area contributed by atoms with Crippen molar-refractivity contribution in [2.75, 3.05) is 0 Å². The fourth-order valence-electron chi connectivity index (χ4n) is 3.47. The first kappa shape index (κ1) is 14.1. The van der Waals surface area contributed by atoms with Crippen LogP contribution in [0.1, 0.15) is 0 Å². The van der Waals surface area contributed by atoms with Crippen LogP contribution in [0.25, 0.3) is 38.2 Å². The maximum absolute atomic E-state index is 13.1. The van der Waals surface area contributed by atoms with Crippen molar-refractivity contribution in [1.82, 2.24) is 9.38 Å². The molecule has 5 rings (SSSR count). The first-order valence-corrected chi connectivity index (χ1v) is 7.87. The topological polar surface area (TPSA) is 77.5 Å². The molecule has 0 aliphatic heterocycles. The second kappa shape index (κ2) is 4.64. The zero-order chi connectivity index (χ0) is 17.3. The van der Waals surface area contributed by atoms with Gasteiger partial charge in [0.25, 0.3) is 11.2 Å². The Morgan fingerprint density at radius 3 is 2.64 bits per heavy atom. The number of rotatable bonds is 1. The van der Waals surface area contributed by atoms with E-state index in [0.717, 1.165) is 0 Å². The molecule has 7 heteroatoms. The van der Waals surface area contributed by atoms with Crippen LogP contribution < -0.4 is 5.56 Å². The van der Waals surface area contributed by atoms with Gasteiger partial charge in [-0.25, -0.2) is 4.98 Å². The Balaban J connectivity index is 2.15. The lowest BCUT2D eigenvalue weighted by atomic mass is 10.0. The third-order valence-corrected chi connectivity index (χ3v) is 4.74. The van der Waals surface area contributed by atoms with Crippen LogP contribution >= 0.6 is 11.6 Å². The van der Waals surface area contributed by atoms with E-state index in [1.54, 1.807) is 42.5 Å². The molecular weight excluding hydrogens is 342 g/mol. The number of halogens is 1. The largest absolute Gasteiger partial charge is 0.277 e. The van der Waals surface area contributed by atoms with Crippen LogP contribution in [0.3, 0.4) is 0 Å². The minimum absolute atomic E-state index is 0.0268. The van der Waals surface area contributed by atoms with Crippen molar-refractivity contribution in [2.45, 2.75) is 0 Å². The molecule has 0 saturated heterocycles. The van der Waals surface area contributed by atoms with E-state index in [1.807, 2.05) is 0 Å². The van der Waals surface area contributed by atoms with Gasteiger partial charge in [-0.05, 0) is 36.4 Å². The number of imidazole rings is 1. The Bertz CT molecular complexity index is 1410. The molecule has 5 aromatic rings. The summed E-state index contributed by atoms with van der Waals surface area (Å²) in [5.74, 6) is 0. The summed E-state index contributed by atoms with van der Waals surface area (Å²) in [7, 11) is 0. The van der Waals surface area contributed by atoms with Gasteiger partial charge in [-0.2, -0.15) is 0 Å². The van der Waals surface area contributed by atoms with Gasteiger partial charge < -0.3 is 0 Å². The Morgan fingerprint density at radius 2 is 1.84 bits per heavy atom. The number of hydrogen-bond donors (Lipinski definition) is 0. The Labute approximate surface area is 144 Å². The molecule has 3 aromatic carbocycles. The molecule has 120 valence electrons. The zero-order valence-corrected chi connectivity index (χ0v) is 13.3. The van der Waals surface area contributed by atoms with Gasteiger partial charge in [-0.3, -0.25) is 19.3 Å². The van der Waals surface area contributed by atoms with Gasteiger partial charge in [0.1, 0.15) is 5.65 Å². The highest BCUT2D eigenvalue weighted by Crippen LogP contribution is 2.34. The van der Waals surface area contributed by atoms with Crippen molar-refractivity contribution < 1.29 is 4.92 Å². The molecule has 0 atom stereocenters. The molecule has 6 nitrogen and oxygen atoms in total. The predicted molar refractivity (Wildman–Crippen MR) is 96.8 cm³/mol. The van der Waals surface area contributed by atoms with Crippen molar-refractivity contribution >= 4 is 55.5 Å². The summed E-state index contributed by atoms with van der Waals surface area (Å²) in [6.45, 7) is 0. The first-order chi connectivity index (χ1) is 12.1. The second-order valence-electron chi connectivity index (χ2n) is 5.83. The van der Waals surface area contributed by atoms with Crippen LogP contribution in [0.2, 0.25) is 5.02 Å². The van der Waals surface area contributed by atoms with Crippen molar-refractivity contribution in [3.63, 3.8) is 0 Å². The van der Waals surface area contributed by atoms with Crippen LogP contribution in [-0.2, 0) is 0 Å². The molecule has 0 fully saturated rings. The minimum Gasteiger partial charge on any atom is -0.268 e. The summed E-state index contributed by atoms with van der Waals surface area (Å²) in [6, 6.07) is 13.3. The van der Waals surface area contributed by atoms with Crippen molar-refractivity contribution in [1.29, 1.82) is 0 Å². The second-order valence-corrected chi connectivity index (χ2v) is 6.26. The molecule has 0 unspecified atom stereocenters. The monoisotopic (exact) mass is 349 g/mol. The zero-order valence-electron chi connectivity index (χ0n) is 12.6. The van der Waals surface area contributed by atoms with Gasteiger partial charge in [0.15, 0.2) is 0 Å². The molecule has 0 saturated carbocycles. The maximum Gasteiger partial charge on any atom is 0.277 e. The number of benzene rings is 3. The maximum atomic E-state index is 13.1. The van der Waals surface area contributed by atoms with E-state index in [9.17, 15) is 14.9 Å². The number of non-ortho nitro benzene ring substituents is 1. The molecule has 2 heterocycles. The van der Waals surface area contributed by atoms with Crippen LogP contribution in [0, 0.1) is 10.1 Å². The van der Waals surface area contributed by atoms with E-state index in [0.29, 0.717) is 43.2 Å². The van der Waals surface area contributed by atoms with Gasteiger partial charge in [-0.15, -0.1) is 0 Å². The van der Waals surface area contributed by atoms with Gasteiger partial charge in [-0.1, -0.05) is 17.7 Å². The third kappa shape index (κ3) is 1.74. The summed E-state index contributed by atoms with van der Waals surface area (Å²) in [4.78, 5) is 28.5. The molecule has 0 aliphatic rings. The first-order valence-electron chi connectivity index (χ1n) is 7.49. The minimum atomic E-state index is -0.440. The fraction of sp³-hybridized carbons (Fsp3) is 0. The van der Waals surface area contributed by atoms with E-state index in [2.05, 4.69) is 4.98 Å². The highest BCUT2D eigenvalue weighted by molar-refractivity contribution is 6.31. The SMILES string of the molecule is O=c1c2cccc3c([N+](=O)[O-])ccc(c32)c2nc3ccc(Cl)cc3n12. The number of hydrogen-bond acceptors (Lipinski definition) is 4. The quantitative estimate of drug-likeness (QED) is 0.336. The van der Waals surface area contributed by atoms with Crippen molar-refractivity contribution in [3.8, 4) is 0 Å². The molecule has 0 radical (unpaired) electrons. The normalized spacial score (nSPS) is 11.9. The average molecular weight is 350 g/mol. The lowest BCUT2D eigenvalue weighted by Crippen LogP contribution is -2.13. The van der Waals surface area contributed by atoms with E-state index in [4.69, 9.17) is 11.6 Å². The number of aromatic nitrogens is 2. The van der Waals surface area contributed by atoms with Gasteiger partial charge >= 0.3 is 0 Å². The Hall–Kier alpha value is -3.25. The number of nitrogens with zero attached hydrogens (tertiary/aromatic N) is 3. The smallest absolute Gasteiger partial charge is 0.268 e. The molecule has 0 aliphatic carbocycles. The van der Waals surface area contributed by atoms with Crippen LogP contribution in [0.4, 0.5) is 5.69 Å². The lowest BCUT2D eigenvalue weighted by molar-refractivity contribution is -0.383. The van der Waals surface area contributed by atoms with E-state index in [1.165, 1.54) is 10.5 Å². The summed E-state index contributed by atoms with van der Waals surface area (Å²) in [6.07, 6.45) is 0. The van der Waals surface area contributed by atoms with E-state index >= 15 is 0 Å². The highest BCUT2D eigenvalue weighted by atomic mass is 35.5. The average Bonchev–Trinajstić information content (AvgIpc) is 2.97. The molecule has 25 heavy (non-hydrogen) atoms.